The summed E-state index contributed by atoms with van der Waals surface area (Å²) >= 11 is 17.9. The fraction of sp³-hybridized carbons (Fsp3) is 0.0667. The van der Waals surface area contributed by atoms with Crippen molar-refractivity contribution in [3.05, 3.63) is 63.1 Å². The second-order valence-electron chi connectivity index (χ2n) is 4.67. The van der Waals surface area contributed by atoms with Crippen LogP contribution in [0.5, 0.6) is 0 Å². The van der Waals surface area contributed by atoms with Crippen LogP contribution in [0.15, 0.2) is 42.5 Å². The lowest BCUT2D eigenvalue weighted by molar-refractivity contribution is 0.0961. The number of rotatable bonds is 4. The molecule has 3 rings (SSSR count). The van der Waals surface area contributed by atoms with Gasteiger partial charge in [-0.15, -0.1) is 10.2 Å². The van der Waals surface area contributed by atoms with Gasteiger partial charge in [-0.3, -0.25) is 4.79 Å². The zero-order valence-corrected chi connectivity index (χ0v) is 13.8. The molecule has 2 aromatic carbocycles. The van der Waals surface area contributed by atoms with Crippen LogP contribution in [0.4, 0.5) is 0 Å². The lowest BCUT2D eigenvalue weighted by atomic mass is 10.1. The standard InChI is InChI=1S/C15H9Cl3N4O/c16-9-5-6-10(13(18)7-9)14(23)8-22-20-15(19-21-22)11-3-1-2-4-12(11)17/h1-7H,8H2. The lowest BCUT2D eigenvalue weighted by Gasteiger charge is -2.03. The molecule has 0 aliphatic rings. The largest absolute Gasteiger partial charge is 0.292 e. The molecule has 0 aliphatic carbocycles. The molecule has 0 saturated carbocycles. The summed E-state index contributed by atoms with van der Waals surface area (Å²) in [5.41, 5.74) is 1.00. The van der Waals surface area contributed by atoms with Crippen molar-refractivity contribution in [2.24, 2.45) is 0 Å². The van der Waals surface area contributed by atoms with Crippen molar-refractivity contribution in [3.63, 3.8) is 0 Å². The topological polar surface area (TPSA) is 60.7 Å². The van der Waals surface area contributed by atoms with Crippen LogP contribution >= 0.6 is 34.8 Å². The first-order valence-corrected chi connectivity index (χ1v) is 7.69. The summed E-state index contributed by atoms with van der Waals surface area (Å²) in [5, 5.41) is 13.2. The van der Waals surface area contributed by atoms with Gasteiger partial charge in [0.2, 0.25) is 5.82 Å². The number of aromatic nitrogens is 4. The van der Waals surface area contributed by atoms with Crippen molar-refractivity contribution in [1.29, 1.82) is 0 Å². The Balaban J connectivity index is 1.82. The van der Waals surface area contributed by atoms with E-state index in [2.05, 4.69) is 15.4 Å². The average molecular weight is 368 g/mol. The molecule has 0 spiro atoms. The molecular formula is C15H9Cl3N4O. The molecular weight excluding hydrogens is 359 g/mol. The van der Waals surface area contributed by atoms with Gasteiger partial charge < -0.3 is 0 Å². The van der Waals surface area contributed by atoms with Crippen molar-refractivity contribution >= 4 is 40.6 Å². The maximum Gasteiger partial charge on any atom is 0.206 e. The van der Waals surface area contributed by atoms with E-state index in [1.165, 1.54) is 10.9 Å². The van der Waals surface area contributed by atoms with E-state index in [0.717, 1.165) is 0 Å². The van der Waals surface area contributed by atoms with Crippen LogP contribution in [0.1, 0.15) is 10.4 Å². The molecule has 0 radical (unpaired) electrons. The van der Waals surface area contributed by atoms with E-state index in [-0.39, 0.29) is 17.4 Å². The summed E-state index contributed by atoms with van der Waals surface area (Å²) in [7, 11) is 0. The van der Waals surface area contributed by atoms with Gasteiger partial charge >= 0.3 is 0 Å². The van der Waals surface area contributed by atoms with E-state index in [9.17, 15) is 4.79 Å². The highest BCUT2D eigenvalue weighted by atomic mass is 35.5. The molecule has 0 aliphatic heterocycles. The van der Waals surface area contributed by atoms with E-state index in [4.69, 9.17) is 34.8 Å². The number of ketones is 1. The third-order valence-electron chi connectivity index (χ3n) is 3.08. The van der Waals surface area contributed by atoms with Crippen molar-refractivity contribution < 1.29 is 4.79 Å². The average Bonchev–Trinajstić information content (AvgIpc) is 2.95. The minimum absolute atomic E-state index is 0.0845. The Morgan fingerprint density at radius 3 is 2.57 bits per heavy atom. The van der Waals surface area contributed by atoms with Crippen molar-refractivity contribution in [1.82, 2.24) is 20.2 Å². The predicted molar refractivity (Wildman–Crippen MR) is 89.1 cm³/mol. The predicted octanol–water partition coefficient (Wildman–Crippen LogP) is 4.18. The molecule has 116 valence electrons. The maximum absolute atomic E-state index is 12.3. The second kappa shape index (κ2) is 6.66. The van der Waals surface area contributed by atoms with Crippen LogP contribution < -0.4 is 0 Å². The maximum atomic E-state index is 12.3. The quantitative estimate of drug-likeness (QED) is 0.649. The highest BCUT2D eigenvalue weighted by Gasteiger charge is 2.15. The van der Waals surface area contributed by atoms with E-state index in [1.54, 1.807) is 24.3 Å². The van der Waals surface area contributed by atoms with Gasteiger partial charge in [-0.05, 0) is 35.5 Å². The van der Waals surface area contributed by atoms with Gasteiger partial charge in [0.05, 0.1) is 10.0 Å². The van der Waals surface area contributed by atoms with Gasteiger partial charge in [0.25, 0.3) is 0 Å². The van der Waals surface area contributed by atoms with Crippen molar-refractivity contribution in [2.45, 2.75) is 6.54 Å². The van der Waals surface area contributed by atoms with Gasteiger partial charge in [0.15, 0.2) is 5.78 Å². The molecule has 23 heavy (non-hydrogen) atoms. The fourth-order valence-electron chi connectivity index (χ4n) is 1.99. The molecule has 0 unspecified atom stereocenters. The highest BCUT2D eigenvalue weighted by molar-refractivity contribution is 6.36. The molecule has 0 saturated heterocycles. The van der Waals surface area contributed by atoms with Crippen molar-refractivity contribution in [3.8, 4) is 11.4 Å². The Morgan fingerprint density at radius 1 is 1.04 bits per heavy atom. The van der Waals surface area contributed by atoms with Gasteiger partial charge in [-0.1, -0.05) is 46.9 Å². The Labute approximate surface area is 146 Å². The molecule has 0 amide bonds. The van der Waals surface area contributed by atoms with Crippen LogP contribution in [-0.2, 0) is 6.54 Å². The zero-order valence-electron chi connectivity index (χ0n) is 11.6. The van der Waals surface area contributed by atoms with Crippen LogP contribution in [0.3, 0.4) is 0 Å². The molecule has 8 heteroatoms. The molecule has 0 N–H and O–H groups in total. The fourth-order valence-corrected chi connectivity index (χ4v) is 2.72. The normalized spacial score (nSPS) is 10.7. The number of nitrogens with zero attached hydrogens (tertiary/aromatic N) is 4. The third kappa shape index (κ3) is 3.52. The Hall–Kier alpha value is -1.95. The van der Waals surface area contributed by atoms with Gasteiger partial charge in [0.1, 0.15) is 6.54 Å². The first-order valence-electron chi connectivity index (χ1n) is 6.55. The minimum Gasteiger partial charge on any atom is -0.292 e. The lowest BCUT2D eigenvalue weighted by Crippen LogP contribution is -2.13. The number of halogens is 3. The Kier molecular flexibility index (Phi) is 4.61. The summed E-state index contributed by atoms with van der Waals surface area (Å²) in [5.74, 6) is 0.111. The van der Waals surface area contributed by atoms with Crippen LogP contribution in [0.2, 0.25) is 15.1 Å². The van der Waals surface area contributed by atoms with E-state index < -0.39 is 0 Å². The number of hydrogen-bond donors (Lipinski definition) is 0. The number of benzene rings is 2. The molecule has 0 fully saturated rings. The van der Waals surface area contributed by atoms with Crippen molar-refractivity contribution in [2.75, 3.05) is 0 Å². The van der Waals surface area contributed by atoms with Crippen LogP contribution in [-0.4, -0.2) is 26.0 Å². The van der Waals surface area contributed by atoms with Crippen LogP contribution in [0.25, 0.3) is 11.4 Å². The van der Waals surface area contributed by atoms with Gasteiger partial charge in [-0.25, -0.2) is 0 Å². The second-order valence-corrected chi connectivity index (χ2v) is 5.92. The summed E-state index contributed by atoms with van der Waals surface area (Å²) < 4.78 is 0. The molecule has 1 heterocycles. The Bertz CT molecular complexity index is 879. The highest BCUT2D eigenvalue weighted by Crippen LogP contribution is 2.24. The monoisotopic (exact) mass is 366 g/mol. The number of tetrazole rings is 1. The first-order chi connectivity index (χ1) is 11.0. The minimum atomic E-state index is -0.241. The first kappa shape index (κ1) is 15.9. The molecule has 3 aromatic rings. The third-order valence-corrected chi connectivity index (χ3v) is 3.96. The van der Waals surface area contributed by atoms with Gasteiger partial charge in [-0.2, -0.15) is 4.80 Å². The smallest absolute Gasteiger partial charge is 0.206 e. The molecule has 0 atom stereocenters. The summed E-state index contributed by atoms with van der Waals surface area (Å²) in [6.07, 6.45) is 0. The molecule has 5 nitrogen and oxygen atoms in total. The zero-order chi connectivity index (χ0) is 16.4. The number of carbonyl (C=O) groups is 1. The number of Topliss-reactive ketones (excluding diaryl/α,β-unsaturated/α-hetero) is 1. The Morgan fingerprint density at radius 2 is 1.83 bits per heavy atom. The summed E-state index contributed by atoms with van der Waals surface area (Å²) in [6.45, 7) is -0.0845. The summed E-state index contributed by atoms with van der Waals surface area (Å²) in [6, 6.07) is 11.8. The van der Waals surface area contributed by atoms with E-state index in [1.807, 2.05) is 12.1 Å². The molecule has 1 aromatic heterocycles. The van der Waals surface area contributed by atoms with Crippen LogP contribution in [0, 0.1) is 0 Å². The van der Waals surface area contributed by atoms with Gasteiger partial charge in [0, 0.05) is 16.1 Å². The summed E-state index contributed by atoms with van der Waals surface area (Å²) in [4.78, 5) is 13.5. The van der Waals surface area contributed by atoms with E-state index in [0.29, 0.717) is 27.0 Å². The SMILES string of the molecule is O=C(Cn1nnc(-c2ccccc2Cl)n1)c1ccc(Cl)cc1Cl. The number of carbonyl (C=O) groups excluding carboxylic acids is 1. The molecule has 0 bridgehead atoms. The number of hydrogen-bond acceptors (Lipinski definition) is 4. The van der Waals surface area contributed by atoms with E-state index >= 15 is 0 Å².